The van der Waals surface area contributed by atoms with Gasteiger partial charge in [0.15, 0.2) is 0 Å². The third kappa shape index (κ3) is 4.13. The molecule has 0 heterocycles. The fraction of sp³-hybridized carbons (Fsp3) is 0.333. The van der Waals surface area contributed by atoms with E-state index in [2.05, 4.69) is 31.0 Å². The highest BCUT2D eigenvalue weighted by Gasteiger charge is 2.21. The molecule has 21 heavy (non-hydrogen) atoms. The van der Waals surface area contributed by atoms with Gasteiger partial charge in [-0.2, -0.15) is 0 Å². The van der Waals surface area contributed by atoms with Gasteiger partial charge >= 0.3 is 0 Å². The molecule has 0 aliphatic heterocycles. The van der Waals surface area contributed by atoms with Crippen molar-refractivity contribution in [2.45, 2.75) is 32.0 Å². The van der Waals surface area contributed by atoms with Crippen molar-refractivity contribution in [2.24, 2.45) is 5.73 Å². The lowest BCUT2D eigenvalue weighted by atomic mass is 9.97. The van der Waals surface area contributed by atoms with E-state index in [0.717, 1.165) is 24.1 Å². The zero-order valence-corrected chi connectivity index (χ0v) is 12.7. The zero-order valence-electron chi connectivity index (χ0n) is 12.7. The van der Waals surface area contributed by atoms with E-state index in [1.54, 1.807) is 0 Å². The minimum absolute atomic E-state index is 0.0263. The van der Waals surface area contributed by atoms with Crippen LogP contribution in [0, 0.1) is 5.82 Å². The molecular formula is C18H23FN2. The third-order valence-electron chi connectivity index (χ3n) is 3.93. The summed E-state index contributed by atoms with van der Waals surface area (Å²) < 4.78 is 13.0. The van der Waals surface area contributed by atoms with Gasteiger partial charge in [0.2, 0.25) is 0 Å². The first kappa shape index (κ1) is 15.7. The van der Waals surface area contributed by atoms with Crippen LogP contribution in [0.15, 0.2) is 54.6 Å². The van der Waals surface area contributed by atoms with Gasteiger partial charge in [0, 0.05) is 18.6 Å². The van der Waals surface area contributed by atoms with Gasteiger partial charge in [-0.25, -0.2) is 4.39 Å². The fourth-order valence-electron chi connectivity index (χ4n) is 2.73. The van der Waals surface area contributed by atoms with Crippen molar-refractivity contribution < 1.29 is 4.39 Å². The van der Waals surface area contributed by atoms with Gasteiger partial charge < -0.3 is 5.73 Å². The highest BCUT2D eigenvalue weighted by atomic mass is 19.1. The molecule has 2 rings (SSSR count). The summed E-state index contributed by atoms with van der Waals surface area (Å²) in [6.07, 6.45) is 0.966. The minimum atomic E-state index is -0.200. The SMILES string of the molecule is CCC(C(N)c1ccccc1)N(C)Cc1ccc(F)cc1. The van der Waals surface area contributed by atoms with Crippen molar-refractivity contribution in [1.82, 2.24) is 4.90 Å². The fourth-order valence-corrected chi connectivity index (χ4v) is 2.73. The summed E-state index contributed by atoms with van der Waals surface area (Å²) >= 11 is 0. The van der Waals surface area contributed by atoms with E-state index in [9.17, 15) is 4.39 Å². The number of benzene rings is 2. The summed E-state index contributed by atoms with van der Waals surface area (Å²) in [7, 11) is 2.07. The molecule has 2 aromatic carbocycles. The van der Waals surface area contributed by atoms with Gasteiger partial charge in [-0.15, -0.1) is 0 Å². The predicted molar refractivity (Wildman–Crippen MR) is 85.3 cm³/mol. The normalized spacial score (nSPS) is 14.1. The third-order valence-corrected chi connectivity index (χ3v) is 3.93. The van der Waals surface area contributed by atoms with Crippen molar-refractivity contribution >= 4 is 0 Å². The summed E-state index contributed by atoms with van der Waals surface area (Å²) in [6, 6.07) is 17.0. The van der Waals surface area contributed by atoms with Crippen LogP contribution in [0.1, 0.15) is 30.5 Å². The van der Waals surface area contributed by atoms with Crippen LogP contribution in [0.4, 0.5) is 4.39 Å². The summed E-state index contributed by atoms with van der Waals surface area (Å²) in [5.74, 6) is -0.200. The lowest BCUT2D eigenvalue weighted by Gasteiger charge is -2.32. The Morgan fingerprint density at radius 2 is 1.67 bits per heavy atom. The van der Waals surface area contributed by atoms with Crippen LogP contribution in [-0.2, 0) is 6.54 Å². The van der Waals surface area contributed by atoms with Crippen molar-refractivity contribution in [3.05, 3.63) is 71.5 Å². The highest BCUT2D eigenvalue weighted by Crippen LogP contribution is 2.21. The maximum atomic E-state index is 13.0. The van der Waals surface area contributed by atoms with Crippen LogP contribution in [0.5, 0.6) is 0 Å². The van der Waals surface area contributed by atoms with E-state index < -0.39 is 0 Å². The number of hydrogen-bond acceptors (Lipinski definition) is 2. The number of rotatable bonds is 6. The average Bonchev–Trinajstić information content (AvgIpc) is 2.51. The molecule has 0 aliphatic rings. The second-order valence-electron chi connectivity index (χ2n) is 5.45. The van der Waals surface area contributed by atoms with Crippen molar-refractivity contribution in [2.75, 3.05) is 7.05 Å². The zero-order chi connectivity index (χ0) is 15.2. The van der Waals surface area contributed by atoms with Crippen molar-refractivity contribution in [3.63, 3.8) is 0 Å². The summed E-state index contributed by atoms with van der Waals surface area (Å²) in [4.78, 5) is 2.24. The van der Waals surface area contributed by atoms with E-state index in [-0.39, 0.29) is 17.9 Å². The molecule has 0 spiro atoms. The second kappa shape index (κ2) is 7.34. The maximum absolute atomic E-state index is 13.0. The van der Waals surface area contributed by atoms with E-state index in [1.165, 1.54) is 12.1 Å². The van der Waals surface area contributed by atoms with Crippen LogP contribution in [0.3, 0.4) is 0 Å². The molecular weight excluding hydrogens is 263 g/mol. The molecule has 0 bridgehead atoms. The van der Waals surface area contributed by atoms with Gasteiger partial charge in [-0.05, 0) is 36.7 Å². The number of nitrogens with zero attached hydrogens (tertiary/aromatic N) is 1. The first-order valence-electron chi connectivity index (χ1n) is 7.37. The molecule has 0 saturated carbocycles. The molecule has 0 radical (unpaired) electrons. The molecule has 2 unspecified atom stereocenters. The van der Waals surface area contributed by atoms with Gasteiger partial charge in [-0.3, -0.25) is 4.90 Å². The maximum Gasteiger partial charge on any atom is 0.123 e. The standard InChI is InChI=1S/C18H23FN2/c1-3-17(18(20)15-7-5-4-6-8-15)21(2)13-14-9-11-16(19)12-10-14/h4-12,17-18H,3,13,20H2,1-2H3. The van der Waals surface area contributed by atoms with Gasteiger partial charge in [0.25, 0.3) is 0 Å². The molecule has 3 heteroatoms. The molecule has 112 valence electrons. The van der Waals surface area contributed by atoms with Gasteiger partial charge in [-0.1, -0.05) is 49.4 Å². The van der Waals surface area contributed by atoms with Crippen LogP contribution in [0.2, 0.25) is 0 Å². The Labute approximate surface area is 126 Å². The topological polar surface area (TPSA) is 29.3 Å². The largest absolute Gasteiger partial charge is 0.323 e. The number of halogens is 1. The monoisotopic (exact) mass is 286 g/mol. The Kier molecular flexibility index (Phi) is 5.48. The molecule has 2 aromatic rings. The number of nitrogens with two attached hydrogens (primary N) is 1. The van der Waals surface area contributed by atoms with E-state index >= 15 is 0 Å². The smallest absolute Gasteiger partial charge is 0.123 e. The molecule has 0 aromatic heterocycles. The average molecular weight is 286 g/mol. The Morgan fingerprint density at radius 3 is 2.24 bits per heavy atom. The van der Waals surface area contributed by atoms with E-state index in [4.69, 9.17) is 5.73 Å². The van der Waals surface area contributed by atoms with E-state index in [0.29, 0.717) is 0 Å². The van der Waals surface area contributed by atoms with E-state index in [1.807, 2.05) is 30.3 Å². The predicted octanol–water partition coefficient (Wildman–Crippen LogP) is 3.74. The van der Waals surface area contributed by atoms with Gasteiger partial charge in [0.1, 0.15) is 5.82 Å². The lowest BCUT2D eigenvalue weighted by Crippen LogP contribution is -2.39. The summed E-state index contributed by atoms with van der Waals surface area (Å²) in [5.41, 5.74) is 8.67. The Hall–Kier alpha value is -1.71. The second-order valence-corrected chi connectivity index (χ2v) is 5.45. The number of hydrogen-bond donors (Lipinski definition) is 1. The molecule has 2 atom stereocenters. The Bertz CT molecular complexity index is 539. The quantitative estimate of drug-likeness (QED) is 0.876. The van der Waals surface area contributed by atoms with Crippen LogP contribution in [-0.4, -0.2) is 18.0 Å². The first-order chi connectivity index (χ1) is 10.1. The minimum Gasteiger partial charge on any atom is -0.323 e. The van der Waals surface area contributed by atoms with Crippen molar-refractivity contribution in [3.8, 4) is 0 Å². The van der Waals surface area contributed by atoms with Crippen LogP contribution in [0.25, 0.3) is 0 Å². The summed E-state index contributed by atoms with van der Waals surface area (Å²) in [6.45, 7) is 2.91. The molecule has 0 saturated heterocycles. The molecule has 0 amide bonds. The number of likely N-dealkylation sites (N-methyl/N-ethyl adjacent to an activating group) is 1. The lowest BCUT2D eigenvalue weighted by molar-refractivity contribution is 0.197. The molecule has 0 aliphatic carbocycles. The first-order valence-corrected chi connectivity index (χ1v) is 7.37. The molecule has 2 N–H and O–H groups in total. The Balaban J connectivity index is 2.07. The van der Waals surface area contributed by atoms with Gasteiger partial charge in [0.05, 0.1) is 0 Å². The molecule has 2 nitrogen and oxygen atoms in total. The Morgan fingerprint density at radius 1 is 1.05 bits per heavy atom. The van der Waals surface area contributed by atoms with Crippen LogP contribution < -0.4 is 5.73 Å². The molecule has 0 fully saturated rings. The highest BCUT2D eigenvalue weighted by molar-refractivity contribution is 5.21. The summed E-state index contributed by atoms with van der Waals surface area (Å²) in [5, 5.41) is 0. The van der Waals surface area contributed by atoms with Crippen LogP contribution >= 0.6 is 0 Å². The van der Waals surface area contributed by atoms with Crippen molar-refractivity contribution in [1.29, 1.82) is 0 Å².